The van der Waals surface area contributed by atoms with Crippen molar-refractivity contribution in [2.24, 2.45) is 11.5 Å². The van der Waals surface area contributed by atoms with Crippen molar-refractivity contribution >= 4 is 29.3 Å². The number of primary amides is 1. The predicted octanol–water partition coefficient (Wildman–Crippen LogP) is -1.45. The summed E-state index contributed by atoms with van der Waals surface area (Å²) in [6.45, 7) is 0. The van der Waals surface area contributed by atoms with Gasteiger partial charge in [-0.3, -0.25) is 4.79 Å². The van der Waals surface area contributed by atoms with Crippen LogP contribution in [0, 0.1) is 0 Å². The Morgan fingerprint density at radius 3 is 2.40 bits per heavy atom. The number of carbonyl (C=O) groups is 1. The summed E-state index contributed by atoms with van der Waals surface area (Å²) in [6, 6.07) is 0.708. The van der Waals surface area contributed by atoms with Gasteiger partial charge in [-0.1, -0.05) is 11.8 Å². The minimum absolute atomic E-state index is 0.276. The molecule has 1 amide bonds. The largest absolute Gasteiger partial charge is 0.383 e. The number of aromatic nitrogens is 2. The molecule has 7 nitrogen and oxygen atoms in total. The van der Waals surface area contributed by atoms with Crippen molar-refractivity contribution in [2.75, 3.05) is 17.2 Å². The van der Waals surface area contributed by atoms with E-state index >= 15 is 0 Å². The monoisotopic (exact) mass is 228 g/mol. The van der Waals surface area contributed by atoms with Crippen LogP contribution in [0.25, 0.3) is 0 Å². The van der Waals surface area contributed by atoms with Gasteiger partial charge in [-0.2, -0.15) is 0 Å². The lowest BCUT2D eigenvalue weighted by Crippen LogP contribution is -2.38. The van der Waals surface area contributed by atoms with Crippen LogP contribution in [0.4, 0.5) is 11.6 Å². The first kappa shape index (κ1) is 11.5. The number of thioether (sulfide) groups is 1. The second-order valence-corrected chi connectivity index (χ2v) is 3.81. The number of hydrogen-bond acceptors (Lipinski definition) is 7. The van der Waals surface area contributed by atoms with E-state index in [1.54, 1.807) is 0 Å². The minimum atomic E-state index is -0.735. The van der Waals surface area contributed by atoms with Crippen molar-refractivity contribution in [3.63, 3.8) is 0 Å². The summed E-state index contributed by atoms with van der Waals surface area (Å²) in [5.74, 6) is 0.271. The van der Waals surface area contributed by atoms with Gasteiger partial charge in [0.05, 0.1) is 6.04 Å². The quantitative estimate of drug-likeness (QED) is 0.364. The van der Waals surface area contributed by atoms with Gasteiger partial charge in [-0.15, -0.1) is 0 Å². The number of rotatable bonds is 4. The molecule has 1 unspecified atom stereocenters. The summed E-state index contributed by atoms with van der Waals surface area (Å²) in [7, 11) is 0. The molecule has 0 aliphatic heterocycles. The SMILES string of the molecule is NC(=O)C(N)CSc1nc(N)cc(N)n1. The number of nitrogens with two attached hydrogens (primary N) is 4. The maximum absolute atomic E-state index is 10.6. The Morgan fingerprint density at radius 2 is 1.93 bits per heavy atom. The molecule has 0 saturated heterocycles. The van der Waals surface area contributed by atoms with Crippen molar-refractivity contribution in [3.8, 4) is 0 Å². The van der Waals surface area contributed by atoms with E-state index in [9.17, 15) is 4.79 Å². The zero-order valence-corrected chi connectivity index (χ0v) is 8.70. The van der Waals surface area contributed by atoms with Crippen LogP contribution in [0.5, 0.6) is 0 Å². The number of nitrogen functional groups attached to an aromatic ring is 2. The van der Waals surface area contributed by atoms with Crippen molar-refractivity contribution in [3.05, 3.63) is 6.07 Å². The third-order valence-corrected chi connectivity index (χ3v) is 2.47. The van der Waals surface area contributed by atoms with Crippen LogP contribution in [0.3, 0.4) is 0 Å². The summed E-state index contributed by atoms with van der Waals surface area (Å²) in [5, 5.41) is 0.379. The van der Waals surface area contributed by atoms with Crippen LogP contribution in [0.15, 0.2) is 11.2 Å². The van der Waals surface area contributed by atoms with Gasteiger partial charge in [-0.05, 0) is 0 Å². The molecular formula is C7H12N6OS. The molecule has 0 spiro atoms. The van der Waals surface area contributed by atoms with Crippen LogP contribution >= 0.6 is 11.8 Å². The molecule has 82 valence electrons. The molecule has 0 aromatic carbocycles. The van der Waals surface area contributed by atoms with Gasteiger partial charge in [0.15, 0.2) is 5.16 Å². The summed E-state index contributed by atoms with van der Waals surface area (Å²) in [6.07, 6.45) is 0. The third kappa shape index (κ3) is 3.60. The van der Waals surface area contributed by atoms with Crippen LogP contribution in [-0.4, -0.2) is 27.7 Å². The fourth-order valence-electron chi connectivity index (χ4n) is 0.773. The number of carbonyl (C=O) groups excluding carboxylic acids is 1. The Balaban J connectivity index is 2.61. The Kier molecular flexibility index (Phi) is 3.69. The highest BCUT2D eigenvalue weighted by atomic mass is 32.2. The van der Waals surface area contributed by atoms with Crippen LogP contribution in [0.2, 0.25) is 0 Å². The van der Waals surface area contributed by atoms with Crippen molar-refractivity contribution in [1.82, 2.24) is 9.97 Å². The standard InChI is InChI=1S/C7H12N6OS/c8-3(6(11)14)2-15-7-12-4(9)1-5(10)13-7/h1,3H,2,8H2,(H2,11,14)(H4,9,10,12,13). The zero-order chi connectivity index (χ0) is 11.4. The molecule has 8 heteroatoms. The van der Waals surface area contributed by atoms with Gasteiger partial charge in [-0.25, -0.2) is 9.97 Å². The lowest BCUT2D eigenvalue weighted by molar-refractivity contribution is -0.118. The van der Waals surface area contributed by atoms with E-state index < -0.39 is 11.9 Å². The van der Waals surface area contributed by atoms with E-state index in [0.29, 0.717) is 5.16 Å². The Bertz CT molecular complexity index is 350. The molecule has 0 radical (unpaired) electrons. The van der Waals surface area contributed by atoms with Gasteiger partial charge in [0, 0.05) is 11.8 Å². The van der Waals surface area contributed by atoms with Gasteiger partial charge >= 0.3 is 0 Å². The first-order valence-corrected chi connectivity index (χ1v) is 5.05. The van der Waals surface area contributed by atoms with E-state index in [2.05, 4.69) is 9.97 Å². The Hall–Kier alpha value is -1.54. The first-order valence-electron chi connectivity index (χ1n) is 4.06. The van der Waals surface area contributed by atoms with Crippen LogP contribution in [0.1, 0.15) is 0 Å². The van der Waals surface area contributed by atoms with Crippen LogP contribution in [-0.2, 0) is 4.79 Å². The summed E-state index contributed by atoms with van der Waals surface area (Å²) in [5.41, 5.74) is 21.3. The maximum atomic E-state index is 10.6. The molecule has 0 fully saturated rings. The molecule has 1 aromatic rings. The van der Waals surface area contributed by atoms with E-state index in [1.807, 2.05) is 0 Å². The molecule has 0 bridgehead atoms. The maximum Gasteiger partial charge on any atom is 0.235 e. The second-order valence-electron chi connectivity index (χ2n) is 2.82. The molecule has 1 aromatic heterocycles. The number of anilines is 2. The van der Waals surface area contributed by atoms with E-state index in [4.69, 9.17) is 22.9 Å². The molecule has 15 heavy (non-hydrogen) atoms. The minimum Gasteiger partial charge on any atom is -0.383 e. The summed E-state index contributed by atoms with van der Waals surface area (Å²) < 4.78 is 0. The van der Waals surface area contributed by atoms with Gasteiger partial charge < -0.3 is 22.9 Å². The highest BCUT2D eigenvalue weighted by molar-refractivity contribution is 7.99. The third-order valence-electron chi connectivity index (χ3n) is 1.50. The summed E-state index contributed by atoms with van der Waals surface area (Å²) >= 11 is 1.18. The van der Waals surface area contributed by atoms with E-state index in [-0.39, 0.29) is 17.4 Å². The molecular weight excluding hydrogens is 216 g/mol. The first-order chi connectivity index (χ1) is 6.99. The Labute approximate surface area is 90.6 Å². The van der Waals surface area contributed by atoms with Crippen LogP contribution < -0.4 is 22.9 Å². The average Bonchev–Trinajstić information content (AvgIpc) is 2.12. The number of hydrogen-bond donors (Lipinski definition) is 4. The smallest absolute Gasteiger partial charge is 0.235 e. The Morgan fingerprint density at radius 1 is 1.40 bits per heavy atom. The lowest BCUT2D eigenvalue weighted by atomic mass is 10.3. The second kappa shape index (κ2) is 4.80. The molecule has 0 saturated carbocycles. The molecule has 1 atom stereocenters. The zero-order valence-electron chi connectivity index (χ0n) is 7.88. The summed E-state index contributed by atoms with van der Waals surface area (Å²) in [4.78, 5) is 18.5. The fraction of sp³-hybridized carbons (Fsp3) is 0.286. The normalized spacial score (nSPS) is 12.3. The lowest BCUT2D eigenvalue weighted by Gasteiger charge is -2.06. The number of nitrogens with zero attached hydrogens (tertiary/aromatic N) is 2. The predicted molar refractivity (Wildman–Crippen MR) is 58.8 cm³/mol. The van der Waals surface area contributed by atoms with Crippen molar-refractivity contribution in [1.29, 1.82) is 0 Å². The van der Waals surface area contributed by atoms with E-state index in [1.165, 1.54) is 17.8 Å². The topological polar surface area (TPSA) is 147 Å². The van der Waals surface area contributed by atoms with Gasteiger partial charge in [0.2, 0.25) is 5.91 Å². The van der Waals surface area contributed by atoms with Crippen molar-refractivity contribution in [2.45, 2.75) is 11.2 Å². The molecule has 1 heterocycles. The van der Waals surface area contributed by atoms with E-state index in [0.717, 1.165) is 0 Å². The highest BCUT2D eigenvalue weighted by Gasteiger charge is 2.11. The van der Waals surface area contributed by atoms with Gasteiger partial charge in [0.1, 0.15) is 11.6 Å². The highest BCUT2D eigenvalue weighted by Crippen LogP contribution is 2.16. The van der Waals surface area contributed by atoms with Gasteiger partial charge in [0.25, 0.3) is 0 Å². The average molecular weight is 228 g/mol. The molecule has 8 N–H and O–H groups in total. The number of amides is 1. The fourth-order valence-corrected chi connectivity index (χ4v) is 1.61. The molecule has 0 aliphatic rings. The molecule has 0 aliphatic carbocycles. The van der Waals surface area contributed by atoms with Crippen molar-refractivity contribution < 1.29 is 4.79 Å². The molecule has 1 rings (SSSR count).